The van der Waals surface area contributed by atoms with Crippen molar-refractivity contribution in [1.82, 2.24) is 19.8 Å². The van der Waals surface area contributed by atoms with Crippen LogP contribution in [0.3, 0.4) is 0 Å². The van der Waals surface area contributed by atoms with Gasteiger partial charge in [-0.25, -0.2) is 4.98 Å². The molecule has 32 heavy (non-hydrogen) atoms. The van der Waals surface area contributed by atoms with E-state index in [1.165, 1.54) is 5.56 Å². The van der Waals surface area contributed by atoms with E-state index in [9.17, 15) is 9.59 Å². The third kappa shape index (κ3) is 5.17. The standard InChI is InChI=1S/C25H28N4O3/c1-32-22-9-7-20(8-10-22)15-24(30)28-14-12-21(17-28)29-18-26-16-23(29)25(31)27-13-11-19-5-3-2-4-6-19/h2-10,16,18,21H,11-15,17H2,1H3,(H,27,31). The van der Waals surface area contributed by atoms with Gasteiger partial charge in [0, 0.05) is 19.6 Å². The largest absolute Gasteiger partial charge is 0.497 e. The smallest absolute Gasteiger partial charge is 0.269 e. The van der Waals surface area contributed by atoms with Crippen LogP contribution in [0.15, 0.2) is 67.1 Å². The number of nitrogens with one attached hydrogen (secondary N) is 1. The highest BCUT2D eigenvalue weighted by Gasteiger charge is 2.29. The predicted octanol–water partition coefficient (Wildman–Crippen LogP) is 2.88. The summed E-state index contributed by atoms with van der Waals surface area (Å²) < 4.78 is 7.07. The summed E-state index contributed by atoms with van der Waals surface area (Å²) in [5.74, 6) is 0.727. The van der Waals surface area contributed by atoms with Crippen molar-refractivity contribution in [2.24, 2.45) is 0 Å². The molecule has 2 amide bonds. The van der Waals surface area contributed by atoms with E-state index in [2.05, 4.69) is 10.3 Å². The average Bonchev–Trinajstić information content (AvgIpc) is 3.50. The molecule has 0 spiro atoms. The molecule has 1 unspecified atom stereocenters. The van der Waals surface area contributed by atoms with Crippen LogP contribution in [0.2, 0.25) is 0 Å². The molecular weight excluding hydrogens is 404 g/mol. The first-order valence-corrected chi connectivity index (χ1v) is 10.9. The molecule has 7 nitrogen and oxygen atoms in total. The van der Waals surface area contributed by atoms with Crippen molar-refractivity contribution in [2.45, 2.75) is 25.3 Å². The third-order valence-electron chi connectivity index (χ3n) is 5.86. The van der Waals surface area contributed by atoms with Gasteiger partial charge >= 0.3 is 0 Å². The van der Waals surface area contributed by atoms with E-state index >= 15 is 0 Å². The zero-order valence-electron chi connectivity index (χ0n) is 18.2. The summed E-state index contributed by atoms with van der Waals surface area (Å²) in [6, 6.07) is 17.7. The summed E-state index contributed by atoms with van der Waals surface area (Å²) in [5.41, 5.74) is 2.68. The SMILES string of the molecule is COc1ccc(CC(=O)N2CCC(n3cncc3C(=O)NCCc3ccccc3)C2)cc1. The lowest BCUT2D eigenvalue weighted by atomic mass is 10.1. The number of amides is 2. The molecule has 3 aromatic rings. The number of carbonyl (C=O) groups excluding carboxylic acids is 2. The fourth-order valence-electron chi connectivity index (χ4n) is 4.05. The van der Waals surface area contributed by atoms with E-state index in [0.717, 1.165) is 24.2 Å². The highest BCUT2D eigenvalue weighted by atomic mass is 16.5. The van der Waals surface area contributed by atoms with Gasteiger partial charge in [0.15, 0.2) is 0 Å². The first-order chi connectivity index (χ1) is 15.6. The Morgan fingerprint density at radius 1 is 1.09 bits per heavy atom. The molecule has 1 atom stereocenters. The molecule has 1 aliphatic heterocycles. The molecule has 0 radical (unpaired) electrons. The Labute approximate surface area is 188 Å². The van der Waals surface area contributed by atoms with E-state index < -0.39 is 0 Å². The average molecular weight is 433 g/mol. The lowest BCUT2D eigenvalue weighted by Gasteiger charge is -2.18. The fourth-order valence-corrected chi connectivity index (χ4v) is 4.05. The number of nitrogens with zero attached hydrogens (tertiary/aromatic N) is 3. The first-order valence-electron chi connectivity index (χ1n) is 10.9. The van der Waals surface area contributed by atoms with Crippen molar-refractivity contribution in [3.63, 3.8) is 0 Å². The van der Waals surface area contributed by atoms with Crippen molar-refractivity contribution in [1.29, 1.82) is 0 Å². The van der Waals surface area contributed by atoms with Gasteiger partial charge in [-0.05, 0) is 36.1 Å². The topological polar surface area (TPSA) is 76.5 Å². The highest BCUT2D eigenvalue weighted by Crippen LogP contribution is 2.24. The Kier molecular flexibility index (Phi) is 6.84. The van der Waals surface area contributed by atoms with Gasteiger partial charge in [-0.3, -0.25) is 9.59 Å². The molecule has 1 N–H and O–H groups in total. The van der Waals surface area contributed by atoms with Crippen LogP contribution in [-0.4, -0.2) is 53.0 Å². The monoisotopic (exact) mass is 432 g/mol. The van der Waals surface area contributed by atoms with E-state index in [1.807, 2.05) is 64.1 Å². The maximum Gasteiger partial charge on any atom is 0.269 e. The summed E-state index contributed by atoms with van der Waals surface area (Å²) in [7, 11) is 1.62. The minimum Gasteiger partial charge on any atom is -0.497 e. The molecule has 1 aliphatic rings. The van der Waals surface area contributed by atoms with Crippen LogP contribution in [0.4, 0.5) is 0 Å². The quantitative estimate of drug-likeness (QED) is 0.594. The molecule has 0 aliphatic carbocycles. The molecule has 1 saturated heterocycles. The molecule has 7 heteroatoms. The number of aromatic nitrogens is 2. The molecule has 1 fully saturated rings. The molecule has 2 heterocycles. The number of hydrogen-bond donors (Lipinski definition) is 1. The van der Waals surface area contributed by atoms with Gasteiger partial charge in [-0.2, -0.15) is 0 Å². The number of imidazole rings is 1. The van der Waals surface area contributed by atoms with Crippen LogP contribution in [-0.2, 0) is 17.6 Å². The minimum atomic E-state index is -0.138. The molecule has 2 aromatic carbocycles. The summed E-state index contributed by atoms with van der Waals surface area (Å²) >= 11 is 0. The van der Waals surface area contributed by atoms with Gasteiger partial charge in [0.1, 0.15) is 11.4 Å². The maximum absolute atomic E-state index is 12.8. The Balaban J connectivity index is 1.31. The van der Waals surface area contributed by atoms with Crippen molar-refractivity contribution in [3.8, 4) is 5.75 Å². The van der Waals surface area contributed by atoms with Crippen LogP contribution in [0.5, 0.6) is 5.75 Å². The fraction of sp³-hybridized carbons (Fsp3) is 0.320. The van der Waals surface area contributed by atoms with Crippen molar-refractivity contribution < 1.29 is 14.3 Å². The Morgan fingerprint density at radius 2 is 1.88 bits per heavy atom. The minimum absolute atomic E-state index is 0.0483. The molecule has 4 rings (SSSR count). The second kappa shape index (κ2) is 10.1. The Morgan fingerprint density at radius 3 is 2.62 bits per heavy atom. The van der Waals surface area contributed by atoms with E-state index in [1.54, 1.807) is 19.6 Å². The zero-order chi connectivity index (χ0) is 22.3. The second-order valence-corrected chi connectivity index (χ2v) is 7.98. The van der Waals surface area contributed by atoms with Crippen molar-refractivity contribution >= 4 is 11.8 Å². The summed E-state index contributed by atoms with van der Waals surface area (Å²) in [4.78, 5) is 31.6. The van der Waals surface area contributed by atoms with Crippen molar-refractivity contribution in [3.05, 3.63) is 83.9 Å². The number of methoxy groups -OCH3 is 1. The molecule has 0 bridgehead atoms. The number of carbonyl (C=O) groups is 2. The van der Waals surface area contributed by atoms with Crippen molar-refractivity contribution in [2.75, 3.05) is 26.7 Å². The first kappa shape index (κ1) is 21.6. The van der Waals surface area contributed by atoms with Crippen LogP contribution in [0, 0.1) is 0 Å². The number of likely N-dealkylation sites (tertiary alicyclic amines) is 1. The Bertz CT molecular complexity index is 1050. The number of benzene rings is 2. The lowest BCUT2D eigenvalue weighted by molar-refractivity contribution is -0.129. The van der Waals surface area contributed by atoms with Crippen LogP contribution < -0.4 is 10.1 Å². The maximum atomic E-state index is 12.8. The van der Waals surface area contributed by atoms with Gasteiger partial charge in [-0.1, -0.05) is 42.5 Å². The van der Waals surface area contributed by atoms with E-state index in [0.29, 0.717) is 31.7 Å². The molecular formula is C25H28N4O3. The number of ether oxygens (including phenoxy) is 1. The molecule has 0 saturated carbocycles. The Hall–Kier alpha value is -3.61. The highest BCUT2D eigenvalue weighted by molar-refractivity contribution is 5.92. The third-order valence-corrected chi connectivity index (χ3v) is 5.86. The van der Waals surface area contributed by atoms with Crippen LogP contribution in [0.1, 0.15) is 34.1 Å². The summed E-state index contributed by atoms with van der Waals surface area (Å²) in [6.45, 7) is 1.81. The van der Waals surface area contributed by atoms with Gasteiger partial charge in [-0.15, -0.1) is 0 Å². The number of hydrogen-bond acceptors (Lipinski definition) is 4. The number of rotatable bonds is 8. The van der Waals surface area contributed by atoms with Gasteiger partial charge < -0.3 is 19.5 Å². The predicted molar refractivity (Wildman–Crippen MR) is 122 cm³/mol. The van der Waals surface area contributed by atoms with E-state index in [-0.39, 0.29) is 17.9 Å². The van der Waals surface area contributed by atoms with Crippen LogP contribution >= 0.6 is 0 Å². The molecule has 1 aromatic heterocycles. The van der Waals surface area contributed by atoms with E-state index in [4.69, 9.17) is 4.74 Å². The second-order valence-electron chi connectivity index (χ2n) is 7.98. The normalized spacial score (nSPS) is 15.5. The van der Waals surface area contributed by atoms with Gasteiger partial charge in [0.05, 0.1) is 32.1 Å². The van der Waals surface area contributed by atoms with Crippen LogP contribution in [0.25, 0.3) is 0 Å². The zero-order valence-corrected chi connectivity index (χ0v) is 18.2. The van der Waals surface area contributed by atoms with Gasteiger partial charge in [0.25, 0.3) is 5.91 Å². The molecule has 166 valence electrons. The lowest BCUT2D eigenvalue weighted by Crippen LogP contribution is -2.32. The van der Waals surface area contributed by atoms with Gasteiger partial charge in [0.2, 0.25) is 5.91 Å². The summed E-state index contributed by atoms with van der Waals surface area (Å²) in [6.07, 6.45) is 5.22. The summed E-state index contributed by atoms with van der Waals surface area (Å²) in [5, 5.41) is 2.98.